The van der Waals surface area contributed by atoms with Crippen molar-refractivity contribution in [3.8, 4) is 0 Å². The van der Waals surface area contributed by atoms with Gasteiger partial charge in [0.25, 0.3) is 5.91 Å². The lowest BCUT2D eigenvalue weighted by Crippen LogP contribution is -2.35. The molecule has 2 aliphatic rings. The van der Waals surface area contributed by atoms with E-state index in [4.69, 9.17) is 4.74 Å². The molecule has 1 fully saturated rings. The summed E-state index contributed by atoms with van der Waals surface area (Å²) in [7, 11) is 0. The smallest absolute Gasteiger partial charge is 0.308 e. The summed E-state index contributed by atoms with van der Waals surface area (Å²) in [5.74, 6) is -1.75. The van der Waals surface area contributed by atoms with E-state index >= 15 is 0 Å². The predicted octanol–water partition coefficient (Wildman–Crippen LogP) is 3.02. The molecular formula is C23H28N2O5. The molecule has 0 aromatic heterocycles. The van der Waals surface area contributed by atoms with Crippen molar-refractivity contribution in [1.82, 2.24) is 4.90 Å². The summed E-state index contributed by atoms with van der Waals surface area (Å²) in [4.78, 5) is 50.4. The van der Waals surface area contributed by atoms with Crippen molar-refractivity contribution in [3.63, 3.8) is 0 Å². The maximum atomic E-state index is 12.4. The number of carbonyl (C=O) groups is 4. The van der Waals surface area contributed by atoms with Crippen molar-refractivity contribution in [1.29, 1.82) is 0 Å². The second-order valence-corrected chi connectivity index (χ2v) is 8.13. The van der Waals surface area contributed by atoms with Crippen LogP contribution in [-0.4, -0.2) is 41.2 Å². The third-order valence-corrected chi connectivity index (χ3v) is 5.66. The molecule has 3 amide bonds. The average Bonchev–Trinajstić information content (AvgIpc) is 2.97. The number of benzene rings is 1. The van der Waals surface area contributed by atoms with Gasteiger partial charge >= 0.3 is 5.97 Å². The van der Waals surface area contributed by atoms with Gasteiger partial charge in [-0.1, -0.05) is 38.1 Å². The number of nitrogens with one attached hydrogen (secondary N) is 1. The first-order chi connectivity index (χ1) is 14.3. The quantitative estimate of drug-likeness (QED) is 0.422. The summed E-state index contributed by atoms with van der Waals surface area (Å²) in [6, 6.07) is 7.49. The highest BCUT2D eigenvalue weighted by atomic mass is 16.5. The van der Waals surface area contributed by atoms with E-state index < -0.39 is 18.0 Å². The Hall–Kier alpha value is -2.96. The van der Waals surface area contributed by atoms with Crippen LogP contribution in [0.4, 0.5) is 5.69 Å². The summed E-state index contributed by atoms with van der Waals surface area (Å²) >= 11 is 0. The lowest BCUT2D eigenvalue weighted by atomic mass is 9.85. The second kappa shape index (κ2) is 9.24. The van der Waals surface area contributed by atoms with Gasteiger partial charge in [0.2, 0.25) is 11.8 Å². The van der Waals surface area contributed by atoms with Gasteiger partial charge in [-0.3, -0.25) is 24.1 Å². The molecule has 1 heterocycles. The molecule has 0 radical (unpaired) electrons. The molecule has 0 saturated carbocycles. The molecule has 1 N–H and O–H groups in total. The molecule has 0 unspecified atom stereocenters. The number of carbonyl (C=O) groups excluding carboxylic acids is 4. The van der Waals surface area contributed by atoms with E-state index in [-0.39, 0.29) is 36.6 Å². The Morgan fingerprint density at radius 2 is 1.60 bits per heavy atom. The molecule has 160 valence electrons. The van der Waals surface area contributed by atoms with Gasteiger partial charge in [-0.2, -0.15) is 0 Å². The van der Waals surface area contributed by atoms with Crippen LogP contribution >= 0.6 is 0 Å². The van der Waals surface area contributed by atoms with Crippen molar-refractivity contribution >= 4 is 29.4 Å². The standard InChI is InChI=1S/C23H28N2O5/c1-14(2)16-8-10-17(11-9-16)24-21(27)15(3)30-20(26)12-13-25-22(28)18-6-4-5-7-19(18)23(25)29/h4-5,8-11,14-15,18-19H,6-7,12-13H2,1-3H3,(H,24,27)/t15-,18-,19-/m0/s1. The number of hydrogen-bond donors (Lipinski definition) is 1. The van der Waals surface area contributed by atoms with Gasteiger partial charge in [-0.05, 0) is 43.4 Å². The number of anilines is 1. The van der Waals surface area contributed by atoms with Gasteiger partial charge in [0.1, 0.15) is 0 Å². The van der Waals surface area contributed by atoms with Crippen LogP contribution in [0, 0.1) is 11.8 Å². The van der Waals surface area contributed by atoms with Crippen LogP contribution < -0.4 is 5.32 Å². The summed E-state index contributed by atoms with van der Waals surface area (Å²) in [6.07, 6.45) is 3.84. The second-order valence-electron chi connectivity index (χ2n) is 8.13. The van der Waals surface area contributed by atoms with E-state index in [1.807, 2.05) is 24.3 Å². The number of esters is 1. The molecule has 1 aromatic carbocycles. The maximum absolute atomic E-state index is 12.4. The van der Waals surface area contributed by atoms with Gasteiger partial charge in [-0.25, -0.2) is 0 Å². The van der Waals surface area contributed by atoms with Crippen molar-refractivity contribution in [2.75, 3.05) is 11.9 Å². The average molecular weight is 412 g/mol. The van der Waals surface area contributed by atoms with Crippen molar-refractivity contribution in [3.05, 3.63) is 42.0 Å². The van der Waals surface area contributed by atoms with Crippen molar-refractivity contribution < 1.29 is 23.9 Å². The number of nitrogens with zero attached hydrogens (tertiary/aromatic N) is 1. The first-order valence-corrected chi connectivity index (χ1v) is 10.4. The van der Waals surface area contributed by atoms with Gasteiger partial charge in [0.05, 0.1) is 18.3 Å². The fourth-order valence-electron chi connectivity index (χ4n) is 3.80. The summed E-state index contributed by atoms with van der Waals surface area (Å²) in [5, 5.41) is 2.72. The van der Waals surface area contributed by atoms with E-state index in [9.17, 15) is 19.2 Å². The van der Waals surface area contributed by atoms with Gasteiger partial charge in [0, 0.05) is 12.2 Å². The Bertz CT molecular complexity index is 833. The molecule has 1 saturated heterocycles. The monoisotopic (exact) mass is 412 g/mol. The number of amides is 3. The molecule has 1 aliphatic heterocycles. The Balaban J connectivity index is 1.46. The van der Waals surface area contributed by atoms with Crippen LogP contribution in [0.2, 0.25) is 0 Å². The number of imide groups is 1. The largest absolute Gasteiger partial charge is 0.452 e. The zero-order valence-corrected chi connectivity index (χ0v) is 17.6. The molecule has 1 aromatic rings. The molecule has 30 heavy (non-hydrogen) atoms. The number of likely N-dealkylation sites (tertiary alicyclic amines) is 1. The number of rotatable bonds is 7. The fraction of sp³-hybridized carbons (Fsp3) is 0.478. The number of allylic oxidation sites excluding steroid dienone is 2. The van der Waals surface area contributed by atoms with Crippen LogP contribution in [0.3, 0.4) is 0 Å². The Morgan fingerprint density at radius 1 is 1.03 bits per heavy atom. The van der Waals surface area contributed by atoms with E-state index in [1.165, 1.54) is 6.92 Å². The van der Waals surface area contributed by atoms with Crippen LogP contribution in [0.25, 0.3) is 0 Å². The van der Waals surface area contributed by atoms with E-state index in [0.717, 1.165) is 10.5 Å². The van der Waals surface area contributed by atoms with Crippen LogP contribution in [0.1, 0.15) is 51.5 Å². The normalized spacial score (nSPS) is 21.5. The highest BCUT2D eigenvalue weighted by Crippen LogP contribution is 2.35. The first kappa shape index (κ1) is 21.7. The fourth-order valence-corrected chi connectivity index (χ4v) is 3.80. The van der Waals surface area contributed by atoms with Gasteiger partial charge < -0.3 is 10.1 Å². The summed E-state index contributed by atoms with van der Waals surface area (Å²) in [5.41, 5.74) is 1.78. The van der Waals surface area contributed by atoms with E-state index in [2.05, 4.69) is 19.2 Å². The molecule has 1 aliphatic carbocycles. The molecule has 7 nitrogen and oxygen atoms in total. The van der Waals surface area contributed by atoms with Crippen LogP contribution in [-0.2, 0) is 23.9 Å². The van der Waals surface area contributed by atoms with Crippen LogP contribution in [0.5, 0.6) is 0 Å². The molecule has 0 spiro atoms. The van der Waals surface area contributed by atoms with Crippen LogP contribution in [0.15, 0.2) is 36.4 Å². The lowest BCUT2D eigenvalue weighted by molar-refractivity contribution is -0.154. The van der Waals surface area contributed by atoms with Gasteiger partial charge in [-0.15, -0.1) is 0 Å². The molecule has 7 heteroatoms. The summed E-state index contributed by atoms with van der Waals surface area (Å²) in [6.45, 7) is 5.64. The van der Waals surface area contributed by atoms with E-state index in [0.29, 0.717) is 24.4 Å². The molecule has 3 rings (SSSR count). The number of fused-ring (bicyclic) bond motifs is 1. The predicted molar refractivity (Wildman–Crippen MR) is 111 cm³/mol. The highest BCUT2D eigenvalue weighted by molar-refractivity contribution is 6.05. The Morgan fingerprint density at radius 3 is 2.13 bits per heavy atom. The molecular weight excluding hydrogens is 384 g/mol. The zero-order chi connectivity index (χ0) is 21.8. The number of ether oxygens (including phenoxy) is 1. The van der Waals surface area contributed by atoms with Crippen molar-refractivity contribution in [2.24, 2.45) is 11.8 Å². The highest BCUT2D eigenvalue weighted by Gasteiger charge is 2.47. The number of hydrogen-bond acceptors (Lipinski definition) is 5. The summed E-state index contributed by atoms with van der Waals surface area (Å²) < 4.78 is 5.18. The Labute approximate surface area is 176 Å². The zero-order valence-electron chi connectivity index (χ0n) is 17.6. The minimum atomic E-state index is -0.987. The topological polar surface area (TPSA) is 92.8 Å². The van der Waals surface area contributed by atoms with E-state index in [1.54, 1.807) is 12.1 Å². The minimum absolute atomic E-state index is 0.0193. The van der Waals surface area contributed by atoms with Gasteiger partial charge in [0.15, 0.2) is 6.10 Å². The lowest BCUT2D eigenvalue weighted by Gasteiger charge is -2.16. The minimum Gasteiger partial charge on any atom is -0.452 e. The third-order valence-electron chi connectivity index (χ3n) is 5.66. The SMILES string of the molecule is CC(C)c1ccc(NC(=O)[C@H](C)OC(=O)CCN2C(=O)[C@H]3CC=CC[C@@H]3C2=O)cc1. The molecule has 0 bridgehead atoms. The Kier molecular flexibility index (Phi) is 6.70. The third kappa shape index (κ3) is 4.78. The van der Waals surface area contributed by atoms with Crippen molar-refractivity contribution in [2.45, 2.75) is 52.1 Å². The molecule has 3 atom stereocenters. The maximum Gasteiger partial charge on any atom is 0.308 e. The first-order valence-electron chi connectivity index (χ1n) is 10.4.